The van der Waals surface area contributed by atoms with E-state index in [0.717, 1.165) is 49.3 Å². The van der Waals surface area contributed by atoms with E-state index < -0.39 is 11.9 Å². The summed E-state index contributed by atoms with van der Waals surface area (Å²) in [6, 6.07) is 0. The molecule has 0 fully saturated rings. The van der Waals surface area contributed by atoms with Crippen LogP contribution < -0.4 is 10.6 Å². The lowest BCUT2D eigenvalue weighted by molar-refractivity contribution is -0.140. The number of hydrogen-bond acceptors (Lipinski definition) is 4. The van der Waals surface area contributed by atoms with Crippen LogP contribution in [0.25, 0.3) is 0 Å². The molecule has 1 rings (SSSR count). The van der Waals surface area contributed by atoms with E-state index in [9.17, 15) is 13.2 Å². The number of rotatable bonds is 8. The number of likely N-dealkylation sites (N-methyl/N-ethyl adjacent to an activating group) is 1. The van der Waals surface area contributed by atoms with Crippen LogP contribution in [0.4, 0.5) is 13.2 Å². The average molecular weight is 479 g/mol. The maximum Gasteiger partial charge on any atom is 0.434 e. The van der Waals surface area contributed by atoms with Crippen LogP contribution in [0.1, 0.15) is 31.0 Å². The summed E-state index contributed by atoms with van der Waals surface area (Å²) in [5, 5.41) is 7.53. The van der Waals surface area contributed by atoms with Crippen molar-refractivity contribution in [2.24, 2.45) is 4.99 Å². The molecule has 0 aliphatic rings. The second kappa shape index (κ2) is 11.9. The summed E-state index contributed by atoms with van der Waals surface area (Å²) in [4.78, 5) is 9.95. The fraction of sp³-hybridized carbons (Fsp3) is 0.714. The third-order valence-corrected chi connectivity index (χ3v) is 4.03. The minimum Gasteiger partial charge on any atom is -0.355 e. The smallest absolute Gasteiger partial charge is 0.355 e. The molecular formula is C14H25F3IN5S. The molecule has 0 aliphatic carbocycles. The Morgan fingerprint density at radius 3 is 2.50 bits per heavy atom. The van der Waals surface area contributed by atoms with Gasteiger partial charge in [-0.05, 0) is 19.5 Å². The van der Waals surface area contributed by atoms with Crippen molar-refractivity contribution < 1.29 is 13.2 Å². The van der Waals surface area contributed by atoms with E-state index in [2.05, 4.69) is 39.4 Å². The maximum atomic E-state index is 12.5. The van der Waals surface area contributed by atoms with Crippen LogP contribution in [-0.2, 0) is 12.7 Å². The van der Waals surface area contributed by atoms with Gasteiger partial charge < -0.3 is 15.5 Å². The number of aliphatic imine (C=N–C) groups is 1. The van der Waals surface area contributed by atoms with Crippen LogP contribution in [-0.4, -0.2) is 49.1 Å². The predicted molar refractivity (Wildman–Crippen MR) is 103 cm³/mol. The summed E-state index contributed by atoms with van der Waals surface area (Å²) in [5.41, 5.74) is -0.847. The number of alkyl halides is 3. The van der Waals surface area contributed by atoms with Gasteiger partial charge in [0.2, 0.25) is 0 Å². The molecule has 0 atom stereocenters. The van der Waals surface area contributed by atoms with Crippen molar-refractivity contribution in [3.05, 3.63) is 16.1 Å². The Hall–Kier alpha value is -0.620. The van der Waals surface area contributed by atoms with Gasteiger partial charge in [0.25, 0.3) is 0 Å². The molecule has 24 heavy (non-hydrogen) atoms. The highest BCUT2D eigenvalue weighted by molar-refractivity contribution is 14.0. The van der Waals surface area contributed by atoms with E-state index in [4.69, 9.17) is 0 Å². The van der Waals surface area contributed by atoms with Crippen LogP contribution in [0.5, 0.6) is 0 Å². The van der Waals surface area contributed by atoms with Crippen LogP contribution in [0.2, 0.25) is 0 Å². The third-order valence-electron chi connectivity index (χ3n) is 3.18. The van der Waals surface area contributed by atoms with Crippen molar-refractivity contribution in [2.45, 2.75) is 33.0 Å². The van der Waals surface area contributed by atoms with E-state index in [1.807, 2.05) is 0 Å². The molecule has 1 aromatic rings. The van der Waals surface area contributed by atoms with Crippen molar-refractivity contribution in [2.75, 3.05) is 33.2 Å². The minimum absolute atomic E-state index is 0. The number of nitrogens with one attached hydrogen (secondary N) is 2. The summed E-state index contributed by atoms with van der Waals surface area (Å²) in [7, 11) is 1.63. The molecule has 140 valence electrons. The molecule has 0 saturated heterocycles. The first-order chi connectivity index (χ1) is 10.9. The van der Waals surface area contributed by atoms with E-state index >= 15 is 0 Å². The van der Waals surface area contributed by atoms with Gasteiger partial charge in [-0.15, -0.1) is 35.3 Å². The number of halogens is 4. The third kappa shape index (κ3) is 8.47. The first-order valence-electron chi connectivity index (χ1n) is 7.59. The first kappa shape index (κ1) is 23.4. The SMILES string of the molecule is CCCN(CC)CCNC(=NC)NCc1nc(C(F)(F)F)cs1.I. The first-order valence-corrected chi connectivity index (χ1v) is 8.47. The molecule has 2 N–H and O–H groups in total. The van der Waals surface area contributed by atoms with E-state index in [1.54, 1.807) is 7.05 Å². The number of aromatic nitrogens is 1. The molecule has 1 heterocycles. The quantitative estimate of drug-likeness (QED) is 0.342. The Balaban J connectivity index is 0.00000529. The van der Waals surface area contributed by atoms with Gasteiger partial charge in [-0.3, -0.25) is 4.99 Å². The normalized spacial score (nSPS) is 12.2. The highest BCUT2D eigenvalue weighted by Gasteiger charge is 2.33. The molecule has 0 amide bonds. The van der Waals surface area contributed by atoms with E-state index in [0.29, 0.717) is 11.0 Å². The summed E-state index contributed by atoms with van der Waals surface area (Å²) >= 11 is 0.983. The zero-order chi connectivity index (χ0) is 17.3. The van der Waals surface area contributed by atoms with Gasteiger partial charge in [0.05, 0.1) is 6.54 Å². The number of guanidine groups is 1. The molecule has 0 unspecified atom stereocenters. The molecule has 0 bridgehead atoms. The topological polar surface area (TPSA) is 52.5 Å². The lowest BCUT2D eigenvalue weighted by Crippen LogP contribution is -2.41. The number of thiazole rings is 1. The van der Waals surface area contributed by atoms with Crippen molar-refractivity contribution >= 4 is 41.3 Å². The van der Waals surface area contributed by atoms with E-state index in [-0.39, 0.29) is 30.5 Å². The van der Waals surface area contributed by atoms with Crippen LogP contribution >= 0.6 is 35.3 Å². The Bertz CT molecular complexity index is 493. The zero-order valence-corrected chi connectivity index (χ0v) is 17.3. The van der Waals surface area contributed by atoms with Gasteiger partial charge in [0.15, 0.2) is 11.7 Å². The van der Waals surface area contributed by atoms with Gasteiger partial charge in [0.1, 0.15) is 5.01 Å². The molecule has 0 radical (unpaired) electrons. The highest BCUT2D eigenvalue weighted by atomic mass is 127. The van der Waals surface area contributed by atoms with Gasteiger partial charge in [-0.2, -0.15) is 13.2 Å². The molecule has 0 aromatic carbocycles. The maximum absolute atomic E-state index is 12.5. The molecule has 0 saturated carbocycles. The molecule has 5 nitrogen and oxygen atoms in total. The van der Waals surface area contributed by atoms with Crippen LogP contribution in [0.3, 0.4) is 0 Å². The Labute approximate surface area is 162 Å². The Morgan fingerprint density at radius 2 is 2.00 bits per heavy atom. The number of hydrogen-bond donors (Lipinski definition) is 2. The lowest BCUT2D eigenvalue weighted by atomic mass is 10.4. The molecule has 1 aromatic heterocycles. The highest BCUT2D eigenvalue weighted by Crippen LogP contribution is 2.29. The summed E-state index contributed by atoms with van der Waals surface area (Å²) < 4.78 is 37.5. The summed E-state index contributed by atoms with van der Waals surface area (Å²) in [6.07, 6.45) is -3.29. The molecule has 10 heteroatoms. The fourth-order valence-electron chi connectivity index (χ4n) is 1.98. The molecule has 0 aliphatic heterocycles. The Kier molecular flexibility index (Phi) is 11.5. The second-order valence-corrected chi connectivity index (χ2v) is 5.85. The monoisotopic (exact) mass is 479 g/mol. The number of nitrogens with zero attached hydrogens (tertiary/aromatic N) is 3. The zero-order valence-electron chi connectivity index (χ0n) is 14.1. The summed E-state index contributed by atoms with van der Waals surface area (Å²) in [5.74, 6) is 0.557. The Morgan fingerprint density at radius 1 is 1.29 bits per heavy atom. The molecular weight excluding hydrogens is 454 g/mol. The van der Waals surface area contributed by atoms with Crippen LogP contribution in [0.15, 0.2) is 10.4 Å². The molecule has 0 spiro atoms. The van der Waals surface area contributed by atoms with Crippen LogP contribution in [0, 0.1) is 0 Å². The second-order valence-electron chi connectivity index (χ2n) is 4.91. The van der Waals surface area contributed by atoms with Gasteiger partial charge >= 0.3 is 6.18 Å². The summed E-state index contributed by atoms with van der Waals surface area (Å²) in [6.45, 7) is 8.11. The van der Waals surface area contributed by atoms with Gasteiger partial charge in [-0.25, -0.2) is 4.98 Å². The van der Waals surface area contributed by atoms with Gasteiger partial charge in [-0.1, -0.05) is 13.8 Å². The van der Waals surface area contributed by atoms with Crippen molar-refractivity contribution in [3.63, 3.8) is 0 Å². The van der Waals surface area contributed by atoms with E-state index in [1.165, 1.54) is 0 Å². The van der Waals surface area contributed by atoms with Crippen molar-refractivity contribution in [1.82, 2.24) is 20.5 Å². The van der Waals surface area contributed by atoms with Gasteiger partial charge in [0, 0.05) is 25.5 Å². The average Bonchev–Trinajstić information content (AvgIpc) is 2.98. The fourth-order valence-corrected chi connectivity index (χ4v) is 2.72. The predicted octanol–water partition coefficient (Wildman–Crippen LogP) is 3.18. The standard InChI is InChI=1S/C14H24F3N5S.HI/c1-4-7-22(5-2)8-6-19-13(18-3)20-9-12-21-11(10-23-12)14(15,16)17;/h10H,4-9H2,1-3H3,(H2,18,19,20);1H. The lowest BCUT2D eigenvalue weighted by Gasteiger charge is -2.20. The minimum atomic E-state index is -4.39. The van der Waals surface area contributed by atoms with Crippen molar-refractivity contribution in [3.8, 4) is 0 Å². The largest absolute Gasteiger partial charge is 0.434 e. The van der Waals surface area contributed by atoms with Crippen molar-refractivity contribution in [1.29, 1.82) is 0 Å².